The summed E-state index contributed by atoms with van der Waals surface area (Å²) in [4.78, 5) is 14.9. The number of hydrogen-bond donors (Lipinski definition) is 0. The quantitative estimate of drug-likeness (QED) is 0.454. The van der Waals surface area contributed by atoms with Gasteiger partial charge in [-0.3, -0.25) is 0 Å². The van der Waals surface area contributed by atoms with Crippen LogP contribution >= 0.6 is 11.6 Å². The number of aromatic nitrogens is 1. The van der Waals surface area contributed by atoms with E-state index in [9.17, 15) is 9.18 Å². The molecule has 0 saturated carbocycles. The molecule has 15 heavy (non-hydrogen) atoms. The highest BCUT2D eigenvalue weighted by molar-refractivity contribution is 6.32. The second kappa shape index (κ2) is 5.66. The lowest BCUT2D eigenvalue weighted by atomic mass is 10.3. The van der Waals surface area contributed by atoms with Gasteiger partial charge in [-0.15, -0.1) is 0 Å². The van der Waals surface area contributed by atoms with Crippen LogP contribution in [-0.4, -0.2) is 17.6 Å². The smallest absolute Gasteiger partial charge is 0.341 e. The predicted octanol–water partition coefficient (Wildman–Crippen LogP) is 2.83. The van der Waals surface area contributed by atoms with Crippen molar-refractivity contribution >= 4 is 17.6 Å². The lowest BCUT2D eigenvalue weighted by molar-refractivity contribution is 0.0499. The summed E-state index contributed by atoms with van der Waals surface area (Å²) in [5, 5.41) is -0.0436. The molecule has 0 atom stereocenters. The van der Waals surface area contributed by atoms with Crippen LogP contribution in [0.3, 0.4) is 0 Å². The van der Waals surface area contributed by atoms with E-state index in [1.54, 1.807) is 0 Å². The number of carbonyl (C=O) groups excluding carboxylic acids is 1. The van der Waals surface area contributed by atoms with Crippen molar-refractivity contribution in [3.05, 3.63) is 28.8 Å². The van der Waals surface area contributed by atoms with E-state index in [0.29, 0.717) is 6.61 Å². The van der Waals surface area contributed by atoms with Crippen LogP contribution in [0, 0.1) is 5.82 Å². The van der Waals surface area contributed by atoms with Crippen LogP contribution in [-0.2, 0) is 4.74 Å². The van der Waals surface area contributed by atoms with E-state index in [2.05, 4.69) is 4.98 Å². The second-order valence-corrected chi connectivity index (χ2v) is 3.34. The van der Waals surface area contributed by atoms with Crippen LogP contribution < -0.4 is 0 Å². The van der Waals surface area contributed by atoms with Crippen LogP contribution in [0.5, 0.6) is 0 Å². The van der Waals surface area contributed by atoms with Gasteiger partial charge in [-0.2, -0.15) is 0 Å². The molecule has 1 aromatic heterocycles. The van der Waals surface area contributed by atoms with Gasteiger partial charge in [0.1, 0.15) is 11.0 Å². The standard InChI is InChI=1S/C10H11ClFNO2/c1-2-3-4-15-10(14)8-5-7(12)6-13-9(8)11/h5-6H,2-4H2,1H3. The van der Waals surface area contributed by atoms with Gasteiger partial charge in [-0.1, -0.05) is 24.9 Å². The number of nitrogens with zero attached hydrogens (tertiary/aromatic N) is 1. The molecule has 0 amide bonds. The van der Waals surface area contributed by atoms with Crippen molar-refractivity contribution in [1.82, 2.24) is 4.98 Å². The van der Waals surface area contributed by atoms with E-state index in [0.717, 1.165) is 25.1 Å². The monoisotopic (exact) mass is 231 g/mol. The highest BCUT2D eigenvalue weighted by Crippen LogP contribution is 2.14. The second-order valence-electron chi connectivity index (χ2n) is 2.98. The molecular formula is C10H11ClFNO2. The van der Waals surface area contributed by atoms with Crippen molar-refractivity contribution in [2.75, 3.05) is 6.61 Å². The number of hydrogen-bond acceptors (Lipinski definition) is 3. The van der Waals surface area contributed by atoms with Crippen molar-refractivity contribution in [2.24, 2.45) is 0 Å². The Balaban J connectivity index is 2.68. The van der Waals surface area contributed by atoms with E-state index in [1.165, 1.54) is 0 Å². The Labute approximate surface area is 92.2 Å². The molecule has 1 aromatic rings. The van der Waals surface area contributed by atoms with Gasteiger partial charge in [0.2, 0.25) is 0 Å². The number of pyridine rings is 1. The van der Waals surface area contributed by atoms with Gasteiger partial charge in [-0.25, -0.2) is 14.2 Å². The minimum absolute atomic E-state index is 0.0345. The Morgan fingerprint density at radius 3 is 3.07 bits per heavy atom. The van der Waals surface area contributed by atoms with E-state index >= 15 is 0 Å². The number of esters is 1. The largest absolute Gasteiger partial charge is 0.462 e. The lowest BCUT2D eigenvalue weighted by Gasteiger charge is -2.04. The third kappa shape index (κ3) is 3.47. The fourth-order valence-electron chi connectivity index (χ4n) is 0.953. The van der Waals surface area contributed by atoms with Crippen molar-refractivity contribution in [3.8, 4) is 0 Å². The Bertz CT molecular complexity index is 357. The topological polar surface area (TPSA) is 39.2 Å². The molecule has 82 valence electrons. The SMILES string of the molecule is CCCCOC(=O)c1cc(F)cnc1Cl. The van der Waals surface area contributed by atoms with Gasteiger partial charge in [0, 0.05) is 0 Å². The van der Waals surface area contributed by atoms with E-state index in [4.69, 9.17) is 16.3 Å². The Morgan fingerprint density at radius 2 is 2.40 bits per heavy atom. The maximum atomic E-state index is 12.8. The molecule has 0 fully saturated rings. The van der Waals surface area contributed by atoms with Gasteiger partial charge >= 0.3 is 5.97 Å². The van der Waals surface area contributed by atoms with Crippen molar-refractivity contribution in [2.45, 2.75) is 19.8 Å². The van der Waals surface area contributed by atoms with Crippen molar-refractivity contribution < 1.29 is 13.9 Å². The maximum absolute atomic E-state index is 12.8. The molecule has 0 unspecified atom stereocenters. The molecule has 1 heterocycles. The average molecular weight is 232 g/mol. The summed E-state index contributed by atoms with van der Waals surface area (Å²) >= 11 is 5.63. The first-order valence-electron chi connectivity index (χ1n) is 4.63. The summed E-state index contributed by atoms with van der Waals surface area (Å²) in [6, 6.07) is 1.02. The zero-order valence-electron chi connectivity index (χ0n) is 8.30. The molecule has 0 aromatic carbocycles. The fraction of sp³-hybridized carbons (Fsp3) is 0.400. The molecule has 0 aliphatic heterocycles. The number of ether oxygens (including phenoxy) is 1. The van der Waals surface area contributed by atoms with Gasteiger partial charge in [0.05, 0.1) is 18.4 Å². The highest BCUT2D eigenvalue weighted by Gasteiger charge is 2.13. The molecule has 1 rings (SSSR count). The number of rotatable bonds is 4. The number of halogens is 2. The molecule has 0 bridgehead atoms. The Morgan fingerprint density at radius 1 is 1.67 bits per heavy atom. The molecule has 0 aliphatic carbocycles. The average Bonchev–Trinajstić information content (AvgIpc) is 2.22. The Kier molecular flexibility index (Phi) is 4.49. The third-order valence-corrected chi connectivity index (χ3v) is 2.06. The van der Waals surface area contributed by atoms with Crippen LogP contribution in [0.1, 0.15) is 30.1 Å². The molecular weight excluding hydrogens is 221 g/mol. The minimum atomic E-state index is -0.638. The summed E-state index contributed by atoms with van der Waals surface area (Å²) < 4.78 is 17.6. The molecule has 0 aliphatic rings. The maximum Gasteiger partial charge on any atom is 0.341 e. The first kappa shape index (κ1) is 11.9. The van der Waals surface area contributed by atoms with Gasteiger partial charge in [0.25, 0.3) is 0 Å². The van der Waals surface area contributed by atoms with E-state index in [-0.39, 0.29) is 10.7 Å². The normalized spacial score (nSPS) is 10.1. The van der Waals surface area contributed by atoms with Crippen LogP contribution in [0.25, 0.3) is 0 Å². The van der Waals surface area contributed by atoms with E-state index in [1.807, 2.05) is 6.92 Å². The van der Waals surface area contributed by atoms with Gasteiger partial charge in [0.15, 0.2) is 0 Å². The van der Waals surface area contributed by atoms with E-state index < -0.39 is 11.8 Å². The summed E-state index contributed by atoms with van der Waals surface area (Å²) in [5.74, 6) is -1.25. The van der Waals surface area contributed by atoms with Crippen molar-refractivity contribution in [3.63, 3.8) is 0 Å². The molecule has 3 nitrogen and oxygen atoms in total. The first-order chi connectivity index (χ1) is 7.15. The molecule has 0 N–H and O–H groups in total. The van der Waals surface area contributed by atoms with Crippen LogP contribution in [0.2, 0.25) is 5.15 Å². The van der Waals surface area contributed by atoms with Crippen LogP contribution in [0.15, 0.2) is 12.3 Å². The van der Waals surface area contributed by atoms with Crippen molar-refractivity contribution in [1.29, 1.82) is 0 Å². The lowest BCUT2D eigenvalue weighted by Crippen LogP contribution is -2.08. The summed E-state index contributed by atoms with van der Waals surface area (Å²) in [6.07, 6.45) is 2.64. The summed E-state index contributed by atoms with van der Waals surface area (Å²) in [5.41, 5.74) is -0.0345. The highest BCUT2D eigenvalue weighted by atomic mass is 35.5. The molecule has 0 radical (unpaired) electrons. The fourth-order valence-corrected chi connectivity index (χ4v) is 1.13. The van der Waals surface area contributed by atoms with Gasteiger partial charge < -0.3 is 4.74 Å². The first-order valence-corrected chi connectivity index (χ1v) is 5.01. The Hall–Kier alpha value is -1.16. The molecule has 0 spiro atoms. The predicted molar refractivity (Wildman–Crippen MR) is 54.4 cm³/mol. The molecule has 0 saturated heterocycles. The zero-order chi connectivity index (χ0) is 11.3. The zero-order valence-corrected chi connectivity index (χ0v) is 9.05. The third-order valence-electron chi connectivity index (χ3n) is 1.76. The van der Waals surface area contributed by atoms with Gasteiger partial charge in [-0.05, 0) is 12.5 Å². The number of unbranched alkanes of at least 4 members (excludes halogenated alkanes) is 1. The molecule has 5 heteroatoms. The van der Waals surface area contributed by atoms with Crippen LogP contribution in [0.4, 0.5) is 4.39 Å². The summed E-state index contributed by atoms with van der Waals surface area (Å²) in [6.45, 7) is 2.28. The number of carbonyl (C=O) groups is 1. The minimum Gasteiger partial charge on any atom is -0.462 e. The summed E-state index contributed by atoms with van der Waals surface area (Å²) in [7, 11) is 0.